The number of halogens is 1. The average molecular weight is 430 g/mol. The quantitative estimate of drug-likeness (QED) is 0.788. The fourth-order valence-corrected chi connectivity index (χ4v) is 4.73. The van der Waals surface area contributed by atoms with Crippen LogP contribution in [-0.2, 0) is 11.3 Å². The van der Waals surface area contributed by atoms with Crippen molar-refractivity contribution in [3.8, 4) is 11.3 Å². The first-order valence-electron chi connectivity index (χ1n) is 10.7. The van der Waals surface area contributed by atoms with Gasteiger partial charge in [0.05, 0.1) is 10.7 Å². The molecular weight excluding hydrogens is 402 g/mol. The largest absolute Gasteiger partial charge is 0.444 e. The Bertz CT molecular complexity index is 982. The molecule has 1 saturated heterocycles. The number of pyridine rings is 1. The molecule has 0 bridgehead atoms. The molecule has 2 saturated carbocycles. The van der Waals surface area contributed by atoms with E-state index >= 15 is 0 Å². The molecule has 2 N–H and O–H groups in total. The monoisotopic (exact) mass is 429 g/mol. The Kier molecular flexibility index (Phi) is 4.51. The van der Waals surface area contributed by atoms with E-state index in [2.05, 4.69) is 15.7 Å². The first kappa shape index (κ1) is 19.7. The van der Waals surface area contributed by atoms with Gasteiger partial charge in [-0.2, -0.15) is 5.10 Å². The van der Waals surface area contributed by atoms with Crippen LogP contribution >= 0.6 is 11.6 Å². The second kappa shape index (κ2) is 6.87. The van der Waals surface area contributed by atoms with Gasteiger partial charge >= 0.3 is 6.09 Å². The summed E-state index contributed by atoms with van der Waals surface area (Å²) >= 11 is 6.18. The molecule has 30 heavy (non-hydrogen) atoms. The Hall–Kier alpha value is -2.28. The highest BCUT2D eigenvalue weighted by atomic mass is 35.5. The second-order valence-corrected chi connectivity index (χ2v) is 10.3. The van der Waals surface area contributed by atoms with Crippen LogP contribution in [0.25, 0.3) is 11.3 Å². The smallest absolute Gasteiger partial charge is 0.410 e. The number of carbonyl (C=O) groups excluding carboxylic acids is 1. The summed E-state index contributed by atoms with van der Waals surface area (Å²) in [6.45, 7) is 8.17. The third kappa shape index (κ3) is 3.75. The highest BCUT2D eigenvalue weighted by Crippen LogP contribution is 2.58. The maximum atomic E-state index is 12.4. The van der Waals surface area contributed by atoms with E-state index in [1.165, 1.54) is 18.5 Å². The van der Waals surface area contributed by atoms with Gasteiger partial charge in [-0.15, -0.1) is 0 Å². The number of hydrogen-bond donors (Lipinski definition) is 1. The number of fused-ring (bicyclic) bond motifs is 1. The van der Waals surface area contributed by atoms with Crippen LogP contribution in [0.5, 0.6) is 0 Å². The summed E-state index contributed by atoms with van der Waals surface area (Å²) < 4.78 is 7.72. The molecule has 2 aromatic rings. The fourth-order valence-electron chi connectivity index (χ4n) is 4.56. The lowest BCUT2D eigenvalue weighted by molar-refractivity contribution is 0.0270. The van der Waals surface area contributed by atoms with Crippen molar-refractivity contribution in [3.05, 3.63) is 29.0 Å². The molecule has 1 amide bonds. The summed E-state index contributed by atoms with van der Waals surface area (Å²) in [5.74, 6) is 2.46. The summed E-state index contributed by atoms with van der Waals surface area (Å²) in [6, 6.07) is 4.00. The number of aromatic nitrogens is 3. The summed E-state index contributed by atoms with van der Waals surface area (Å²) in [5, 5.41) is 5.34. The van der Waals surface area contributed by atoms with Gasteiger partial charge in [0.1, 0.15) is 11.4 Å². The zero-order chi connectivity index (χ0) is 21.2. The number of nitrogens with two attached hydrogens (primary N) is 1. The van der Waals surface area contributed by atoms with E-state index in [1.54, 1.807) is 6.20 Å². The van der Waals surface area contributed by atoms with E-state index in [1.807, 2.05) is 31.7 Å². The number of ether oxygens (including phenoxy) is 1. The lowest BCUT2D eigenvalue weighted by Crippen LogP contribution is -2.37. The number of nitrogens with zero attached hydrogens (tertiary/aromatic N) is 4. The van der Waals surface area contributed by atoms with E-state index < -0.39 is 5.60 Å². The van der Waals surface area contributed by atoms with Crippen LogP contribution in [0.15, 0.2) is 18.3 Å². The van der Waals surface area contributed by atoms with E-state index in [4.69, 9.17) is 27.2 Å². The minimum atomic E-state index is -0.463. The summed E-state index contributed by atoms with van der Waals surface area (Å²) in [7, 11) is 0. The molecule has 0 spiro atoms. The van der Waals surface area contributed by atoms with E-state index in [-0.39, 0.29) is 6.09 Å². The van der Waals surface area contributed by atoms with Gasteiger partial charge in [0.2, 0.25) is 0 Å². The molecular formula is C22H28ClN5O2. The second-order valence-electron chi connectivity index (χ2n) is 9.91. The molecule has 7 nitrogen and oxygen atoms in total. The van der Waals surface area contributed by atoms with Crippen molar-refractivity contribution < 1.29 is 9.53 Å². The minimum absolute atomic E-state index is 0.205. The Morgan fingerprint density at radius 2 is 1.97 bits per heavy atom. The van der Waals surface area contributed by atoms with Gasteiger partial charge in [0.15, 0.2) is 0 Å². The zero-order valence-electron chi connectivity index (χ0n) is 17.6. The van der Waals surface area contributed by atoms with Crippen LogP contribution in [0.3, 0.4) is 0 Å². The molecule has 2 aromatic heterocycles. The Labute approximate surface area is 181 Å². The number of piperidine rings is 1. The van der Waals surface area contributed by atoms with Gasteiger partial charge in [-0.3, -0.25) is 4.68 Å². The van der Waals surface area contributed by atoms with Crippen LogP contribution in [0, 0.1) is 17.8 Å². The van der Waals surface area contributed by atoms with E-state index in [9.17, 15) is 4.79 Å². The summed E-state index contributed by atoms with van der Waals surface area (Å²) in [5.41, 5.74) is 8.33. The van der Waals surface area contributed by atoms with E-state index in [0.29, 0.717) is 28.6 Å². The summed E-state index contributed by atoms with van der Waals surface area (Å²) in [4.78, 5) is 18.4. The lowest BCUT2D eigenvalue weighted by Gasteiger charge is -2.26. The highest BCUT2D eigenvalue weighted by Gasteiger charge is 2.59. The van der Waals surface area contributed by atoms with E-state index in [0.717, 1.165) is 36.8 Å². The van der Waals surface area contributed by atoms with Crippen molar-refractivity contribution in [2.24, 2.45) is 17.8 Å². The number of hydrogen-bond acceptors (Lipinski definition) is 5. The Morgan fingerprint density at radius 3 is 2.57 bits per heavy atom. The topological polar surface area (TPSA) is 86.3 Å². The molecule has 160 valence electrons. The lowest BCUT2D eigenvalue weighted by atomic mass is 10.1. The average Bonchev–Trinajstić information content (AvgIpc) is 3.50. The van der Waals surface area contributed by atoms with Crippen molar-refractivity contribution >= 4 is 23.5 Å². The third-order valence-electron chi connectivity index (χ3n) is 6.29. The number of carbonyl (C=O) groups is 1. The minimum Gasteiger partial charge on any atom is -0.444 e. The number of likely N-dealkylation sites (tertiary alicyclic amines) is 1. The molecule has 1 aliphatic heterocycles. The number of anilines is 1. The molecule has 3 atom stereocenters. The normalized spacial score (nSPS) is 25.3. The SMILES string of the molecule is CC(C)(C)OC(=O)N1CC2C(c3cc(-c4cnc(N)c(Cl)c4)nn3CC3CC3)[C@H]2C1. The first-order chi connectivity index (χ1) is 14.2. The van der Waals surface area contributed by atoms with Crippen molar-refractivity contribution in [2.75, 3.05) is 18.8 Å². The molecule has 0 aromatic carbocycles. The molecule has 2 unspecified atom stereocenters. The maximum Gasteiger partial charge on any atom is 0.410 e. The number of rotatable bonds is 4. The van der Waals surface area contributed by atoms with Crippen LogP contribution in [0.4, 0.5) is 10.6 Å². The van der Waals surface area contributed by atoms with Crippen LogP contribution < -0.4 is 5.73 Å². The number of nitrogen functional groups attached to an aromatic ring is 1. The maximum absolute atomic E-state index is 12.4. The van der Waals surface area contributed by atoms with Crippen molar-refractivity contribution in [2.45, 2.75) is 51.7 Å². The van der Waals surface area contributed by atoms with Crippen molar-refractivity contribution in [1.29, 1.82) is 0 Å². The van der Waals surface area contributed by atoms with Crippen LogP contribution in [-0.4, -0.2) is 44.4 Å². The molecule has 0 radical (unpaired) electrons. The predicted molar refractivity (Wildman–Crippen MR) is 115 cm³/mol. The van der Waals surface area contributed by atoms with Crippen LogP contribution in [0.1, 0.15) is 45.2 Å². The molecule has 2 aliphatic carbocycles. The van der Waals surface area contributed by atoms with Gasteiger partial charge in [-0.1, -0.05) is 11.6 Å². The first-order valence-corrected chi connectivity index (χ1v) is 11.0. The standard InChI is InChI=1S/C22H28ClN5O2/c1-22(2,3)30-21(29)27-10-14-15(11-27)19(14)18-7-17(26-28(18)9-12-4-5-12)13-6-16(23)20(24)25-8-13/h6-8,12,14-15,19H,4-5,9-11H2,1-3H3,(H2,24,25)/t14-,15?,19?/m0/s1. The van der Waals surface area contributed by atoms with Gasteiger partial charge in [-0.25, -0.2) is 9.78 Å². The predicted octanol–water partition coefficient (Wildman–Crippen LogP) is 4.17. The highest BCUT2D eigenvalue weighted by molar-refractivity contribution is 6.33. The molecule has 3 fully saturated rings. The summed E-state index contributed by atoms with van der Waals surface area (Å²) in [6.07, 6.45) is 4.07. The van der Waals surface area contributed by atoms with Crippen LogP contribution in [0.2, 0.25) is 5.02 Å². The Morgan fingerprint density at radius 1 is 1.27 bits per heavy atom. The van der Waals surface area contributed by atoms with Crippen molar-refractivity contribution in [3.63, 3.8) is 0 Å². The molecule has 5 rings (SSSR count). The van der Waals surface area contributed by atoms with Crippen molar-refractivity contribution in [1.82, 2.24) is 19.7 Å². The fraction of sp³-hybridized carbons (Fsp3) is 0.591. The van der Waals surface area contributed by atoms with Gasteiger partial charge in [-0.05, 0) is 63.5 Å². The molecule has 3 aliphatic rings. The van der Waals surface area contributed by atoms with Gasteiger partial charge in [0, 0.05) is 43.0 Å². The van der Waals surface area contributed by atoms with Gasteiger partial charge in [0.25, 0.3) is 0 Å². The third-order valence-corrected chi connectivity index (χ3v) is 6.59. The number of amides is 1. The molecule has 8 heteroatoms. The Balaban J connectivity index is 1.35. The molecule has 3 heterocycles. The zero-order valence-corrected chi connectivity index (χ0v) is 18.4. The van der Waals surface area contributed by atoms with Gasteiger partial charge < -0.3 is 15.4 Å².